The third-order valence-corrected chi connectivity index (χ3v) is 1.98. The van der Waals surface area contributed by atoms with Crippen LogP contribution in [-0.4, -0.2) is 26.7 Å². The lowest BCUT2D eigenvalue weighted by Crippen LogP contribution is -2.22. The quantitative estimate of drug-likeness (QED) is 0.495. The number of ether oxygens (including phenoxy) is 2. The second-order valence-electron chi connectivity index (χ2n) is 3.05. The SMILES string of the molecule is CCN=C(N)Nc1ccc(OC)c(OC)c1.I. The lowest BCUT2D eigenvalue weighted by atomic mass is 10.3. The summed E-state index contributed by atoms with van der Waals surface area (Å²) in [4.78, 5) is 4.03. The van der Waals surface area contributed by atoms with E-state index in [9.17, 15) is 0 Å². The van der Waals surface area contributed by atoms with E-state index in [0.717, 1.165) is 5.69 Å². The number of nitrogens with zero attached hydrogens (tertiary/aromatic N) is 1. The molecular formula is C11H18IN3O2. The van der Waals surface area contributed by atoms with Crippen molar-refractivity contribution in [1.82, 2.24) is 0 Å². The van der Waals surface area contributed by atoms with E-state index in [4.69, 9.17) is 15.2 Å². The van der Waals surface area contributed by atoms with Gasteiger partial charge in [0, 0.05) is 18.3 Å². The number of hydrogen-bond donors (Lipinski definition) is 2. The summed E-state index contributed by atoms with van der Waals surface area (Å²) in [5.41, 5.74) is 6.46. The van der Waals surface area contributed by atoms with Gasteiger partial charge in [0.15, 0.2) is 17.5 Å². The zero-order chi connectivity index (χ0) is 12.0. The Balaban J connectivity index is 0.00000256. The third-order valence-electron chi connectivity index (χ3n) is 1.98. The summed E-state index contributed by atoms with van der Waals surface area (Å²) in [5, 5.41) is 2.96. The van der Waals surface area contributed by atoms with Crippen molar-refractivity contribution in [3.8, 4) is 11.5 Å². The van der Waals surface area contributed by atoms with Gasteiger partial charge in [0.2, 0.25) is 0 Å². The molecule has 5 nitrogen and oxygen atoms in total. The van der Waals surface area contributed by atoms with E-state index in [1.165, 1.54) is 0 Å². The van der Waals surface area contributed by atoms with Crippen molar-refractivity contribution in [2.45, 2.75) is 6.92 Å². The van der Waals surface area contributed by atoms with Crippen molar-refractivity contribution in [2.24, 2.45) is 10.7 Å². The lowest BCUT2D eigenvalue weighted by molar-refractivity contribution is 0.355. The smallest absolute Gasteiger partial charge is 0.193 e. The Bertz CT molecular complexity index is 383. The minimum absolute atomic E-state index is 0. The second-order valence-corrected chi connectivity index (χ2v) is 3.05. The Morgan fingerprint density at radius 2 is 1.94 bits per heavy atom. The first-order valence-electron chi connectivity index (χ1n) is 5.00. The first-order chi connectivity index (χ1) is 7.71. The molecule has 0 atom stereocenters. The van der Waals surface area contributed by atoms with E-state index in [-0.39, 0.29) is 24.0 Å². The summed E-state index contributed by atoms with van der Waals surface area (Å²) >= 11 is 0. The van der Waals surface area contributed by atoms with Crippen molar-refractivity contribution >= 4 is 35.6 Å². The number of rotatable bonds is 4. The maximum Gasteiger partial charge on any atom is 0.193 e. The van der Waals surface area contributed by atoms with Crippen molar-refractivity contribution in [1.29, 1.82) is 0 Å². The van der Waals surface area contributed by atoms with Gasteiger partial charge in [0.1, 0.15) is 0 Å². The summed E-state index contributed by atoms with van der Waals surface area (Å²) in [6, 6.07) is 5.46. The van der Waals surface area contributed by atoms with Gasteiger partial charge in [-0.05, 0) is 19.1 Å². The summed E-state index contributed by atoms with van der Waals surface area (Å²) in [5.74, 6) is 1.71. The van der Waals surface area contributed by atoms with Crippen LogP contribution < -0.4 is 20.5 Å². The second kappa shape index (κ2) is 7.99. The van der Waals surface area contributed by atoms with Crippen LogP contribution in [0.1, 0.15) is 6.92 Å². The molecule has 0 radical (unpaired) electrons. The molecule has 0 saturated heterocycles. The molecule has 0 aliphatic heterocycles. The highest BCUT2D eigenvalue weighted by Gasteiger charge is 2.04. The van der Waals surface area contributed by atoms with Crippen LogP contribution in [0.25, 0.3) is 0 Å². The van der Waals surface area contributed by atoms with Crippen molar-refractivity contribution in [3.05, 3.63) is 18.2 Å². The van der Waals surface area contributed by atoms with Gasteiger partial charge in [-0.25, -0.2) is 0 Å². The number of nitrogens with one attached hydrogen (secondary N) is 1. The molecule has 0 unspecified atom stereocenters. The van der Waals surface area contributed by atoms with Crippen molar-refractivity contribution in [3.63, 3.8) is 0 Å². The molecule has 1 rings (SSSR count). The Morgan fingerprint density at radius 1 is 1.29 bits per heavy atom. The fraction of sp³-hybridized carbons (Fsp3) is 0.364. The number of benzene rings is 1. The molecule has 1 aromatic rings. The third kappa shape index (κ3) is 4.68. The van der Waals surface area contributed by atoms with Crippen LogP contribution in [0.2, 0.25) is 0 Å². The summed E-state index contributed by atoms with van der Waals surface area (Å²) < 4.78 is 10.3. The highest BCUT2D eigenvalue weighted by atomic mass is 127. The van der Waals surface area contributed by atoms with Crippen LogP contribution in [-0.2, 0) is 0 Å². The van der Waals surface area contributed by atoms with Crippen LogP contribution in [0, 0.1) is 0 Å². The molecule has 0 aromatic heterocycles. The summed E-state index contributed by atoms with van der Waals surface area (Å²) in [7, 11) is 3.18. The van der Waals surface area contributed by atoms with Gasteiger partial charge in [0.25, 0.3) is 0 Å². The predicted octanol–water partition coefficient (Wildman–Crippen LogP) is 2.07. The minimum atomic E-state index is 0. The van der Waals surface area contributed by atoms with Crippen LogP contribution >= 0.6 is 24.0 Å². The van der Waals surface area contributed by atoms with Gasteiger partial charge in [-0.15, -0.1) is 24.0 Å². The average molecular weight is 351 g/mol. The standard InChI is InChI=1S/C11H17N3O2.HI/c1-4-13-11(12)14-8-5-6-9(15-2)10(7-8)16-3;/h5-7H,4H2,1-3H3,(H3,12,13,14);1H. The molecule has 3 N–H and O–H groups in total. The number of methoxy groups -OCH3 is 2. The Kier molecular flexibility index (Phi) is 7.44. The molecule has 96 valence electrons. The molecule has 1 aromatic carbocycles. The first-order valence-corrected chi connectivity index (χ1v) is 5.00. The fourth-order valence-corrected chi connectivity index (χ4v) is 1.27. The molecule has 0 heterocycles. The van der Waals surface area contributed by atoms with E-state index >= 15 is 0 Å². The number of aliphatic imine (C=N–C) groups is 1. The number of halogens is 1. The maximum atomic E-state index is 5.65. The highest BCUT2D eigenvalue weighted by Crippen LogP contribution is 2.29. The van der Waals surface area contributed by atoms with E-state index < -0.39 is 0 Å². The Hall–Kier alpha value is -1.18. The average Bonchev–Trinajstić information content (AvgIpc) is 2.29. The molecule has 0 spiro atoms. The molecule has 0 aliphatic carbocycles. The van der Waals surface area contributed by atoms with Gasteiger partial charge in [-0.3, -0.25) is 4.99 Å². The van der Waals surface area contributed by atoms with Crippen LogP contribution in [0.15, 0.2) is 23.2 Å². The van der Waals surface area contributed by atoms with Gasteiger partial charge in [0.05, 0.1) is 14.2 Å². The van der Waals surface area contributed by atoms with Crippen LogP contribution in [0.4, 0.5) is 5.69 Å². The number of guanidine groups is 1. The van der Waals surface area contributed by atoms with E-state index in [1.54, 1.807) is 26.4 Å². The Morgan fingerprint density at radius 3 is 2.47 bits per heavy atom. The number of nitrogens with two attached hydrogens (primary N) is 1. The molecule has 0 bridgehead atoms. The minimum Gasteiger partial charge on any atom is -0.493 e. The maximum absolute atomic E-state index is 5.65. The lowest BCUT2D eigenvalue weighted by Gasteiger charge is -2.10. The van der Waals surface area contributed by atoms with E-state index in [0.29, 0.717) is 24.0 Å². The van der Waals surface area contributed by atoms with Gasteiger partial charge in [-0.1, -0.05) is 0 Å². The van der Waals surface area contributed by atoms with Gasteiger partial charge < -0.3 is 20.5 Å². The zero-order valence-corrected chi connectivity index (χ0v) is 12.5. The monoisotopic (exact) mass is 351 g/mol. The molecule has 0 saturated carbocycles. The zero-order valence-electron chi connectivity index (χ0n) is 10.2. The summed E-state index contributed by atoms with van der Waals surface area (Å²) in [6.45, 7) is 2.56. The summed E-state index contributed by atoms with van der Waals surface area (Å²) in [6.07, 6.45) is 0. The normalized spacial score (nSPS) is 10.4. The molecule has 0 fully saturated rings. The predicted molar refractivity (Wildman–Crippen MR) is 80.7 cm³/mol. The van der Waals surface area contributed by atoms with Gasteiger partial charge >= 0.3 is 0 Å². The van der Waals surface area contributed by atoms with Gasteiger partial charge in [-0.2, -0.15) is 0 Å². The van der Waals surface area contributed by atoms with E-state index in [1.807, 2.05) is 13.0 Å². The first kappa shape index (κ1) is 15.8. The molecule has 6 heteroatoms. The Labute approximate surface area is 118 Å². The molecule has 17 heavy (non-hydrogen) atoms. The number of hydrogen-bond acceptors (Lipinski definition) is 3. The largest absolute Gasteiger partial charge is 0.493 e. The molecule has 0 aliphatic rings. The highest BCUT2D eigenvalue weighted by molar-refractivity contribution is 14.0. The van der Waals surface area contributed by atoms with Crippen LogP contribution in [0.5, 0.6) is 11.5 Å². The fourth-order valence-electron chi connectivity index (χ4n) is 1.27. The van der Waals surface area contributed by atoms with Crippen molar-refractivity contribution < 1.29 is 9.47 Å². The van der Waals surface area contributed by atoms with E-state index in [2.05, 4.69) is 10.3 Å². The molecule has 0 amide bonds. The van der Waals surface area contributed by atoms with Crippen LogP contribution in [0.3, 0.4) is 0 Å². The molecular weight excluding hydrogens is 333 g/mol. The van der Waals surface area contributed by atoms with Crippen molar-refractivity contribution in [2.75, 3.05) is 26.1 Å². The number of anilines is 1. The topological polar surface area (TPSA) is 68.9 Å².